The number of ether oxygens (including phenoxy) is 2. The summed E-state index contributed by atoms with van der Waals surface area (Å²) in [6, 6.07) is 6.24. The fourth-order valence-electron chi connectivity index (χ4n) is 2.13. The first-order chi connectivity index (χ1) is 10.9. The third-order valence-corrected chi connectivity index (χ3v) is 3.12. The highest BCUT2D eigenvalue weighted by Gasteiger charge is 2.20. The Balaban J connectivity index is 2.37. The highest BCUT2D eigenvalue weighted by Crippen LogP contribution is 2.35. The van der Waals surface area contributed by atoms with Crippen molar-refractivity contribution in [2.24, 2.45) is 7.05 Å². The predicted octanol–water partition coefficient (Wildman–Crippen LogP) is 3.52. The SMILES string of the molecule is CCOC(=O)Oc1c(Nc2ccccc2[N+](=O)[O-])c(C)cn1C. The summed E-state index contributed by atoms with van der Waals surface area (Å²) in [4.78, 5) is 22.2. The fraction of sp³-hybridized carbons (Fsp3) is 0.267. The lowest BCUT2D eigenvalue weighted by Crippen LogP contribution is -2.13. The van der Waals surface area contributed by atoms with Gasteiger partial charge < -0.3 is 19.4 Å². The Morgan fingerprint density at radius 1 is 1.39 bits per heavy atom. The molecule has 122 valence electrons. The largest absolute Gasteiger partial charge is 0.515 e. The average Bonchev–Trinajstić information content (AvgIpc) is 2.75. The summed E-state index contributed by atoms with van der Waals surface area (Å²) >= 11 is 0. The molecule has 2 rings (SSSR count). The predicted molar refractivity (Wildman–Crippen MR) is 84.2 cm³/mol. The van der Waals surface area contributed by atoms with Crippen molar-refractivity contribution in [3.05, 3.63) is 46.1 Å². The van der Waals surface area contributed by atoms with E-state index in [1.807, 2.05) is 0 Å². The van der Waals surface area contributed by atoms with E-state index in [2.05, 4.69) is 5.32 Å². The van der Waals surface area contributed by atoms with Crippen LogP contribution in [-0.4, -0.2) is 22.3 Å². The highest BCUT2D eigenvalue weighted by molar-refractivity contribution is 5.77. The Morgan fingerprint density at radius 2 is 2.09 bits per heavy atom. The van der Waals surface area contributed by atoms with E-state index in [9.17, 15) is 14.9 Å². The van der Waals surface area contributed by atoms with Crippen molar-refractivity contribution in [2.45, 2.75) is 13.8 Å². The maximum Gasteiger partial charge on any atom is 0.515 e. The number of para-hydroxylation sites is 2. The number of nitro benzene ring substituents is 1. The number of benzene rings is 1. The molecule has 1 aromatic heterocycles. The van der Waals surface area contributed by atoms with Gasteiger partial charge in [0.25, 0.3) is 5.69 Å². The molecule has 1 heterocycles. The number of aryl methyl sites for hydroxylation is 2. The van der Waals surface area contributed by atoms with Gasteiger partial charge in [-0.1, -0.05) is 12.1 Å². The number of carbonyl (C=O) groups is 1. The number of aromatic nitrogens is 1. The van der Waals surface area contributed by atoms with Gasteiger partial charge in [0.1, 0.15) is 11.4 Å². The Kier molecular flexibility index (Phi) is 4.85. The van der Waals surface area contributed by atoms with Crippen LogP contribution in [0.3, 0.4) is 0 Å². The molecular weight excluding hydrogens is 302 g/mol. The van der Waals surface area contributed by atoms with Gasteiger partial charge in [0, 0.05) is 19.3 Å². The molecule has 0 amide bonds. The molecule has 0 unspecified atom stereocenters. The maximum absolute atomic E-state index is 11.6. The topological polar surface area (TPSA) is 95.6 Å². The van der Waals surface area contributed by atoms with Gasteiger partial charge in [-0.25, -0.2) is 4.79 Å². The normalized spacial score (nSPS) is 10.2. The Hall–Kier alpha value is -3.03. The molecule has 1 N–H and O–H groups in total. The van der Waals surface area contributed by atoms with Crippen molar-refractivity contribution < 1.29 is 19.2 Å². The van der Waals surface area contributed by atoms with Gasteiger partial charge in [0.05, 0.1) is 11.5 Å². The minimum absolute atomic E-state index is 0.0714. The van der Waals surface area contributed by atoms with Crippen LogP contribution in [0.5, 0.6) is 5.88 Å². The number of nitro groups is 1. The molecule has 2 aromatic rings. The lowest BCUT2D eigenvalue weighted by Gasteiger charge is -2.11. The van der Waals surface area contributed by atoms with Crippen molar-refractivity contribution >= 4 is 23.2 Å². The fourth-order valence-corrected chi connectivity index (χ4v) is 2.13. The van der Waals surface area contributed by atoms with Crippen LogP contribution >= 0.6 is 0 Å². The summed E-state index contributed by atoms with van der Waals surface area (Å²) < 4.78 is 11.5. The number of anilines is 2. The molecule has 8 heteroatoms. The number of carbonyl (C=O) groups excluding carboxylic acids is 1. The van der Waals surface area contributed by atoms with Gasteiger partial charge in [0.15, 0.2) is 0 Å². The molecule has 0 atom stereocenters. The number of hydrogen-bond donors (Lipinski definition) is 1. The molecule has 0 aliphatic rings. The summed E-state index contributed by atoms with van der Waals surface area (Å²) in [5.41, 5.74) is 1.47. The van der Waals surface area contributed by atoms with E-state index in [0.29, 0.717) is 11.4 Å². The lowest BCUT2D eigenvalue weighted by molar-refractivity contribution is -0.383. The van der Waals surface area contributed by atoms with Crippen LogP contribution in [0.4, 0.5) is 21.9 Å². The molecule has 0 saturated carbocycles. The molecule has 0 bridgehead atoms. The Labute approximate surface area is 132 Å². The van der Waals surface area contributed by atoms with E-state index >= 15 is 0 Å². The highest BCUT2D eigenvalue weighted by atomic mass is 16.7. The summed E-state index contributed by atoms with van der Waals surface area (Å²) in [5.74, 6) is 0.221. The minimum Gasteiger partial charge on any atom is -0.434 e. The molecule has 0 aliphatic carbocycles. The first-order valence-electron chi connectivity index (χ1n) is 6.95. The number of nitrogens with one attached hydrogen (secondary N) is 1. The van der Waals surface area contributed by atoms with Crippen molar-refractivity contribution in [2.75, 3.05) is 11.9 Å². The van der Waals surface area contributed by atoms with Gasteiger partial charge >= 0.3 is 6.16 Å². The van der Waals surface area contributed by atoms with Gasteiger partial charge in [0.2, 0.25) is 5.88 Å². The van der Waals surface area contributed by atoms with Crippen molar-refractivity contribution in [3.63, 3.8) is 0 Å². The first-order valence-corrected chi connectivity index (χ1v) is 6.95. The number of nitrogens with zero attached hydrogens (tertiary/aromatic N) is 2. The second-order valence-electron chi connectivity index (χ2n) is 4.79. The van der Waals surface area contributed by atoms with E-state index in [-0.39, 0.29) is 18.2 Å². The van der Waals surface area contributed by atoms with Crippen molar-refractivity contribution in [1.82, 2.24) is 4.57 Å². The van der Waals surface area contributed by atoms with Crippen molar-refractivity contribution in [1.29, 1.82) is 0 Å². The second-order valence-corrected chi connectivity index (χ2v) is 4.79. The number of hydrogen-bond acceptors (Lipinski definition) is 6. The molecule has 1 aromatic carbocycles. The van der Waals surface area contributed by atoms with E-state index in [0.717, 1.165) is 5.56 Å². The first kappa shape index (κ1) is 16.3. The van der Waals surface area contributed by atoms with E-state index in [1.165, 1.54) is 6.07 Å². The van der Waals surface area contributed by atoms with E-state index in [1.54, 1.807) is 49.9 Å². The van der Waals surface area contributed by atoms with Crippen LogP contribution in [0.2, 0.25) is 0 Å². The van der Waals surface area contributed by atoms with Crippen LogP contribution in [0.1, 0.15) is 12.5 Å². The third kappa shape index (κ3) is 3.60. The van der Waals surface area contributed by atoms with E-state index < -0.39 is 11.1 Å². The summed E-state index contributed by atoms with van der Waals surface area (Å²) in [6.07, 6.45) is 0.908. The molecule has 0 fully saturated rings. The molecule has 0 radical (unpaired) electrons. The molecular formula is C15H17N3O5. The smallest absolute Gasteiger partial charge is 0.434 e. The Bertz CT molecular complexity index is 739. The van der Waals surface area contributed by atoms with Crippen molar-refractivity contribution in [3.8, 4) is 5.88 Å². The quantitative estimate of drug-likeness (QED) is 0.514. The number of rotatable bonds is 5. The lowest BCUT2D eigenvalue weighted by atomic mass is 10.2. The second kappa shape index (κ2) is 6.82. The molecule has 0 aliphatic heterocycles. The average molecular weight is 319 g/mol. The van der Waals surface area contributed by atoms with Crippen LogP contribution in [0, 0.1) is 17.0 Å². The maximum atomic E-state index is 11.6. The minimum atomic E-state index is -0.834. The van der Waals surface area contributed by atoms with Crippen LogP contribution < -0.4 is 10.1 Å². The van der Waals surface area contributed by atoms with Gasteiger partial charge in [-0.2, -0.15) is 0 Å². The molecule has 8 nitrogen and oxygen atoms in total. The summed E-state index contributed by atoms with van der Waals surface area (Å²) in [5, 5.41) is 14.1. The summed E-state index contributed by atoms with van der Waals surface area (Å²) in [6.45, 7) is 3.66. The zero-order valence-electron chi connectivity index (χ0n) is 13.0. The monoisotopic (exact) mass is 319 g/mol. The summed E-state index contributed by atoms with van der Waals surface area (Å²) in [7, 11) is 1.70. The molecule has 23 heavy (non-hydrogen) atoms. The van der Waals surface area contributed by atoms with Crippen LogP contribution in [0.25, 0.3) is 0 Å². The zero-order valence-corrected chi connectivity index (χ0v) is 13.0. The van der Waals surface area contributed by atoms with E-state index in [4.69, 9.17) is 9.47 Å². The van der Waals surface area contributed by atoms with Gasteiger partial charge in [-0.05, 0) is 25.5 Å². The van der Waals surface area contributed by atoms with Crippen LogP contribution in [-0.2, 0) is 11.8 Å². The molecule has 0 saturated heterocycles. The van der Waals surface area contributed by atoms with Gasteiger partial charge in [-0.3, -0.25) is 10.1 Å². The third-order valence-electron chi connectivity index (χ3n) is 3.12. The Morgan fingerprint density at radius 3 is 2.74 bits per heavy atom. The standard InChI is InChI=1S/C15H17N3O5/c1-4-22-15(19)23-14-13(10(2)9-17(14)3)16-11-7-5-6-8-12(11)18(20)21/h5-9,16H,4H2,1-3H3. The van der Waals surface area contributed by atoms with Gasteiger partial charge in [-0.15, -0.1) is 0 Å². The van der Waals surface area contributed by atoms with Crippen LogP contribution in [0.15, 0.2) is 30.5 Å². The molecule has 0 spiro atoms. The zero-order chi connectivity index (χ0) is 17.0.